The van der Waals surface area contributed by atoms with Crippen molar-refractivity contribution in [1.82, 2.24) is 0 Å². The Bertz CT molecular complexity index is 381. The van der Waals surface area contributed by atoms with E-state index in [4.69, 9.17) is 0 Å². The molecular weight excluding hydrogens is 333 g/mol. The van der Waals surface area contributed by atoms with Crippen LogP contribution in [0.2, 0.25) is 0 Å². The van der Waals surface area contributed by atoms with Gasteiger partial charge in [-0.15, -0.1) is 0 Å². The van der Waals surface area contributed by atoms with Gasteiger partial charge in [0.2, 0.25) is 0 Å². The summed E-state index contributed by atoms with van der Waals surface area (Å²) < 4.78 is 44.1. The molecule has 26 heavy (non-hydrogen) atoms. The summed E-state index contributed by atoms with van der Waals surface area (Å²) in [6.07, 6.45) is 6.75. The fourth-order valence-electron chi connectivity index (χ4n) is 4.22. The molecule has 0 nitrogen and oxygen atoms in total. The lowest BCUT2D eigenvalue weighted by Crippen LogP contribution is -2.37. The van der Waals surface area contributed by atoms with Gasteiger partial charge in [-0.25, -0.2) is 13.2 Å². The summed E-state index contributed by atoms with van der Waals surface area (Å²) in [5.74, 6) is -0.0498. The minimum absolute atomic E-state index is 0.0498. The van der Waals surface area contributed by atoms with Crippen molar-refractivity contribution in [2.24, 2.45) is 11.3 Å². The maximum absolute atomic E-state index is 15.3. The number of halogens is 3. The van der Waals surface area contributed by atoms with E-state index < -0.39 is 22.4 Å². The standard InChI is InChI=1S/C23H45F3/c1-9-15-22(7,25)17-12-14-19(10-2)23(8,26)18-13-16-21(6,11-3)20(4,5)24/h19H,9-18H2,1-8H3. The lowest BCUT2D eigenvalue weighted by molar-refractivity contribution is 0.0140. The molecule has 0 rings (SSSR count). The maximum Gasteiger partial charge on any atom is 0.111 e. The molecule has 0 saturated heterocycles. The molecule has 0 aromatic heterocycles. The Morgan fingerprint density at radius 3 is 1.73 bits per heavy atom. The van der Waals surface area contributed by atoms with Crippen LogP contribution in [0.3, 0.4) is 0 Å². The van der Waals surface area contributed by atoms with Crippen LogP contribution in [0.1, 0.15) is 120 Å². The van der Waals surface area contributed by atoms with E-state index in [2.05, 4.69) is 0 Å². The van der Waals surface area contributed by atoms with Gasteiger partial charge in [0.15, 0.2) is 0 Å². The van der Waals surface area contributed by atoms with Crippen LogP contribution in [0.15, 0.2) is 0 Å². The van der Waals surface area contributed by atoms with Gasteiger partial charge in [-0.05, 0) is 85.0 Å². The van der Waals surface area contributed by atoms with E-state index >= 15 is 4.39 Å². The van der Waals surface area contributed by atoms with E-state index in [1.165, 1.54) is 0 Å². The van der Waals surface area contributed by atoms with Gasteiger partial charge in [0.25, 0.3) is 0 Å². The Labute approximate surface area is 161 Å². The average Bonchev–Trinajstić information content (AvgIpc) is 2.49. The smallest absolute Gasteiger partial charge is 0.111 e. The summed E-state index contributed by atoms with van der Waals surface area (Å²) in [6, 6.07) is 0. The van der Waals surface area contributed by atoms with Crippen LogP contribution in [0.4, 0.5) is 13.2 Å². The van der Waals surface area contributed by atoms with Crippen LogP contribution in [0, 0.1) is 11.3 Å². The van der Waals surface area contributed by atoms with E-state index in [9.17, 15) is 8.78 Å². The monoisotopic (exact) mass is 378 g/mol. The van der Waals surface area contributed by atoms with Crippen molar-refractivity contribution in [1.29, 1.82) is 0 Å². The summed E-state index contributed by atoms with van der Waals surface area (Å²) in [7, 11) is 0. The fourth-order valence-corrected chi connectivity index (χ4v) is 4.22. The molecule has 4 unspecified atom stereocenters. The predicted octanol–water partition coefficient (Wildman–Crippen LogP) is 8.77. The van der Waals surface area contributed by atoms with Gasteiger partial charge in [-0.1, -0.05) is 40.5 Å². The number of hydrogen-bond donors (Lipinski definition) is 0. The van der Waals surface area contributed by atoms with Crippen molar-refractivity contribution in [3.05, 3.63) is 0 Å². The first-order valence-corrected chi connectivity index (χ1v) is 10.8. The van der Waals surface area contributed by atoms with Crippen LogP contribution in [0.25, 0.3) is 0 Å². The molecule has 0 heterocycles. The van der Waals surface area contributed by atoms with Crippen LogP contribution in [0.5, 0.6) is 0 Å². The zero-order valence-corrected chi connectivity index (χ0v) is 18.8. The van der Waals surface area contributed by atoms with Crippen LogP contribution < -0.4 is 0 Å². The van der Waals surface area contributed by atoms with Gasteiger partial charge >= 0.3 is 0 Å². The highest BCUT2D eigenvalue weighted by Crippen LogP contribution is 2.43. The molecule has 0 radical (unpaired) electrons. The molecule has 158 valence electrons. The van der Waals surface area contributed by atoms with E-state index in [-0.39, 0.29) is 5.92 Å². The number of rotatable bonds is 14. The van der Waals surface area contributed by atoms with Crippen LogP contribution in [-0.4, -0.2) is 17.0 Å². The average molecular weight is 379 g/mol. The van der Waals surface area contributed by atoms with E-state index in [0.717, 1.165) is 32.1 Å². The van der Waals surface area contributed by atoms with Gasteiger partial charge < -0.3 is 0 Å². The summed E-state index contributed by atoms with van der Waals surface area (Å²) in [4.78, 5) is 0. The normalized spacial score (nSPS) is 20.9. The molecule has 0 bridgehead atoms. The third-order valence-corrected chi connectivity index (χ3v) is 6.98. The Hall–Kier alpha value is -0.210. The maximum atomic E-state index is 15.3. The van der Waals surface area contributed by atoms with Crippen molar-refractivity contribution < 1.29 is 13.2 Å². The van der Waals surface area contributed by atoms with Crippen molar-refractivity contribution in [2.75, 3.05) is 0 Å². The Kier molecular flexibility index (Phi) is 10.3. The zero-order valence-electron chi connectivity index (χ0n) is 18.8. The zero-order chi connectivity index (χ0) is 20.6. The Morgan fingerprint density at radius 1 is 0.731 bits per heavy atom. The van der Waals surface area contributed by atoms with Gasteiger partial charge in [0.1, 0.15) is 17.0 Å². The summed E-state index contributed by atoms with van der Waals surface area (Å²) >= 11 is 0. The third kappa shape index (κ3) is 8.21. The second-order valence-corrected chi connectivity index (χ2v) is 9.68. The summed E-state index contributed by atoms with van der Waals surface area (Å²) in [5, 5.41) is 0. The molecule has 0 fully saturated rings. The second-order valence-electron chi connectivity index (χ2n) is 9.68. The predicted molar refractivity (Wildman–Crippen MR) is 109 cm³/mol. The molecule has 4 atom stereocenters. The summed E-state index contributed by atoms with van der Waals surface area (Å²) in [6.45, 7) is 14.6. The van der Waals surface area contributed by atoms with Crippen LogP contribution >= 0.6 is 0 Å². The first-order chi connectivity index (χ1) is 11.7. The first-order valence-electron chi connectivity index (χ1n) is 10.8. The largest absolute Gasteiger partial charge is 0.244 e. The molecular formula is C23H45F3. The van der Waals surface area contributed by atoms with Gasteiger partial charge in [-0.2, -0.15) is 0 Å². The highest BCUT2D eigenvalue weighted by atomic mass is 19.2. The molecule has 0 aromatic carbocycles. The van der Waals surface area contributed by atoms with Crippen molar-refractivity contribution in [3.8, 4) is 0 Å². The quantitative estimate of drug-likeness (QED) is 0.283. The highest BCUT2D eigenvalue weighted by molar-refractivity contribution is 4.90. The topological polar surface area (TPSA) is 0 Å². The number of alkyl halides is 3. The Morgan fingerprint density at radius 2 is 1.31 bits per heavy atom. The van der Waals surface area contributed by atoms with E-state index in [1.54, 1.807) is 27.7 Å². The van der Waals surface area contributed by atoms with Crippen molar-refractivity contribution in [3.63, 3.8) is 0 Å². The molecule has 0 spiro atoms. The lowest BCUT2D eigenvalue weighted by Gasteiger charge is -2.39. The van der Waals surface area contributed by atoms with Crippen molar-refractivity contribution in [2.45, 2.75) is 137 Å². The molecule has 3 heteroatoms. The lowest BCUT2D eigenvalue weighted by atomic mass is 9.70. The molecule has 0 aliphatic heterocycles. The highest BCUT2D eigenvalue weighted by Gasteiger charge is 2.40. The van der Waals surface area contributed by atoms with Crippen molar-refractivity contribution >= 4 is 0 Å². The minimum Gasteiger partial charge on any atom is -0.244 e. The molecule has 0 aliphatic rings. The molecule has 0 aromatic rings. The second kappa shape index (κ2) is 10.4. The van der Waals surface area contributed by atoms with Crippen LogP contribution in [-0.2, 0) is 0 Å². The minimum atomic E-state index is -1.26. The van der Waals surface area contributed by atoms with Gasteiger partial charge in [0, 0.05) is 5.41 Å². The molecule has 0 amide bonds. The Balaban J connectivity index is 4.61. The van der Waals surface area contributed by atoms with Gasteiger partial charge in [0.05, 0.1) is 0 Å². The molecule has 0 saturated carbocycles. The van der Waals surface area contributed by atoms with E-state index in [0.29, 0.717) is 32.1 Å². The SMILES string of the molecule is CCCC(C)(F)CCCC(CC)C(C)(F)CCCC(C)(CC)C(C)(C)F. The van der Waals surface area contributed by atoms with Gasteiger partial charge in [-0.3, -0.25) is 0 Å². The van der Waals surface area contributed by atoms with E-state index in [1.807, 2.05) is 27.7 Å². The number of hydrogen-bond acceptors (Lipinski definition) is 0. The third-order valence-electron chi connectivity index (χ3n) is 6.98. The molecule has 0 aliphatic carbocycles. The first kappa shape index (κ1) is 25.8. The summed E-state index contributed by atoms with van der Waals surface area (Å²) in [5.41, 5.74) is -4.07. The molecule has 0 N–H and O–H groups in total. The fraction of sp³-hybridized carbons (Fsp3) is 1.00.